The predicted octanol–water partition coefficient (Wildman–Crippen LogP) is 4.85. The van der Waals surface area contributed by atoms with Gasteiger partial charge in [0.2, 0.25) is 11.8 Å². The third kappa shape index (κ3) is 5.58. The number of benzene rings is 1. The molecule has 0 bridgehead atoms. The zero-order valence-corrected chi connectivity index (χ0v) is 20.7. The molecule has 0 saturated carbocycles. The molecule has 2 heterocycles. The molecule has 3 aromatic rings. The van der Waals surface area contributed by atoms with E-state index in [1.54, 1.807) is 31.2 Å². The highest BCUT2D eigenvalue weighted by Crippen LogP contribution is 2.27. The summed E-state index contributed by atoms with van der Waals surface area (Å²) in [6.07, 6.45) is 0. The summed E-state index contributed by atoms with van der Waals surface area (Å²) in [7, 11) is 0. The highest BCUT2D eigenvalue weighted by Gasteiger charge is 2.21. The summed E-state index contributed by atoms with van der Waals surface area (Å²) in [5.41, 5.74) is 1.54. The van der Waals surface area contributed by atoms with Gasteiger partial charge >= 0.3 is 0 Å². The highest BCUT2D eigenvalue weighted by atomic mass is 32.2. The van der Waals surface area contributed by atoms with Crippen molar-refractivity contribution in [1.29, 1.82) is 0 Å². The SMILES string of the molecule is Cc1sc2nc(CSC(C)C(=O)Nc3cccc(NC(=O)C(C)(C)C)c3)[nH]c(=O)c2c1C. The first kappa shape index (κ1) is 24.0. The summed E-state index contributed by atoms with van der Waals surface area (Å²) in [4.78, 5) is 46.5. The monoisotopic (exact) mass is 472 g/mol. The van der Waals surface area contributed by atoms with E-state index in [1.165, 1.54) is 23.1 Å². The lowest BCUT2D eigenvalue weighted by Crippen LogP contribution is -2.27. The fraction of sp³-hybridized carbons (Fsp3) is 0.391. The fourth-order valence-corrected chi connectivity index (χ4v) is 4.69. The van der Waals surface area contributed by atoms with Crippen LogP contribution in [0, 0.1) is 19.3 Å². The van der Waals surface area contributed by atoms with Crippen LogP contribution >= 0.6 is 23.1 Å². The van der Waals surface area contributed by atoms with Crippen LogP contribution in [0.3, 0.4) is 0 Å². The Morgan fingerprint density at radius 2 is 1.84 bits per heavy atom. The van der Waals surface area contributed by atoms with E-state index in [-0.39, 0.29) is 22.6 Å². The third-order valence-electron chi connectivity index (χ3n) is 5.00. The number of hydrogen-bond acceptors (Lipinski definition) is 6. The van der Waals surface area contributed by atoms with Gasteiger partial charge in [0, 0.05) is 21.7 Å². The van der Waals surface area contributed by atoms with Crippen LogP contribution in [0.25, 0.3) is 10.2 Å². The molecule has 0 aliphatic rings. The van der Waals surface area contributed by atoms with E-state index < -0.39 is 5.41 Å². The first-order valence-electron chi connectivity index (χ1n) is 10.3. The summed E-state index contributed by atoms with van der Waals surface area (Å²) in [6.45, 7) is 11.2. The average molecular weight is 473 g/mol. The van der Waals surface area contributed by atoms with E-state index in [0.717, 1.165) is 15.3 Å². The molecular weight excluding hydrogens is 444 g/mol. The number of amides is 2. The zero-order chi connectivity index (χ0) is 23.6. The molecule has 0 spiro atoms. The average Bonchev–Trinajstić information content (AvgIpc) is 2.99. The van der Waals surface area contributed by atoms with Gasteiger partial charge in [0.1, 0.15) is 10.7 Å². The summed E-state index contributed by atoms with van der Waals surface area (Å²) in [5.74, 6) is 0.706. The van der Waals surface area contributed by atoms with Gasteiger partial charge in [-0.05, 0) is 44.5 Å². The van der Waals surface area contributed by atoms with Crippen molar-refractivity contribution < 1.29 is 9.59 Å². The van der Waals surface area contributed by atoms with Gasteiger partial charge in [-0.1, -0.05) is 26.8 Å². The van der Waals surface area contributed by atoms with E-state index in [2.05, 4.69) is 20.6 Å². The Bertz CT molecular complexity index is 1220. The Labute approximate surface area is 195 Å². The van der Waals surface area contributed by atoms with Crippen LogP contribution in [0.4, 0.5) is 11.4 Å². The molecule has 0 fully saturated rings. The Kier molecular flexibility index (Phi) is 7.09. The fourth-order valence-electron chi connectivity index (χ4n) is 2.88. The van der Waals surface area contributed by atoms with E-state index in [9.17, 15) is 14.4 Å². The molecule has 3 N–H and O–H groups in total. The molecule has 1 aromatic carbocycles. The Balaban J connectivity index is 1.62. The molecule has 0 aliphatic heterocycles. The number of anilines is 2. The number of nitrogens with one attached hydrogen (secondary N) is 3. The maximum atomic E-state index is 12.6. The lowest BCUT2D eigenvalue weighted by atomic mass is 9.95. The number of aromatic nitrogens is 2. The number of aryl methyl sites for hydroxylation is 2. The van der Waals surface area contributed by atoms with Crippen molar-refractivity contribution in [1.82, 2.24) is 9.97 Å². The van der Waals surface area contributed by atoms with Crippen LogP contribution in [0.1, 0.15) is 44.0 Å². The summed E-state index contributed by atoms with van der Waals surface area (Å²) in [6, 6.07) is 7.06. The van der Waals surface area contributed by atoms with E-state index in [0.29, 0.717) is 28.3 Å². The molecule has 0 saturated heterocycles. The first-order valence-corrected chi connectivity index (χ1v) is 12.1. The molecule has 9 heteroatoms. The van der Waals surface area contributed by atoms with Crippen LogP contribution in [0.2, 0.25) is 0 Å². The standard InChI is InChI=1S/C23H28N4O3S2/c1-12-13(2)32-21-18(12)20(29)26-17(27-21)11-31-14(3)19(28)24-15-8-7-9-16(10-15)25-22(30)23(4,5)6/h7-10,14H,11H2,1-6H3,(H,24,28)(H,25,30)(H,26,27,29). The van der Waals surface area contributed by atoms with Crippen molar-refractivity contribution in [3.63, 3.8) is 0 Å². The number of thioether (sulfide) groups is 1. The van der Waals surface area contributed by atoms with Gasteiger partial charge in [-0.2, -0.15) is 0 Å². The Morgan fingerprint density at radius 3 is 2.50 bits per heavy atom. The Hall–Kier alpha value is -2.65. The molecular formula is C23H28N4O3S2. The molecule has 1 unspecified atom stereocenters. The van der Waals surface area contributed by atoms with Crippen molar-refractivity contribution in [2.24, 2.45) is 5.41 Å². The van der Waals surface area contributed by atoms with E-state index in [1.807, 2.05) is 34.6 Å². The molecule has 0 aliphatic carbocycles. The van der Waals surface area contributed by atoms with Crippen LogP contribution in [0.5, 0.6) is 0 Å². The maximum Gasteiger partial charge on any atom is 0.259 e. The first-order chi connectivity index (χ1) is 15.0. The minimum Gasteiger partial charge on any atom is -0.326 e. The molecule has 2 aromatic heterocycles. The predicted molar refractivity (Wildman–Crippen MR) is 134 cm³/mol. The maximum absolute atomic E-state index is 12.6. The van der Waals surface area contributed by atoms with Crippen molar-refractivity contribution in [3.8, 4) is 0 Å². The quantitative estimate of drug-likeness (QED) is 0.476. The number of hydrogen-bond donors (Lipinski definition) is 3. The topological polar surface area (TPSA) is 104 Å². The summed E-state index contributed by atoms with van der Waals surface area (Å²) in [5, 5.41) is 6.02. The highest BCUT2D eigenvalue weighted by molar-refractivity contribution is 7.99. The number of rotatable bonds is 6. The smallest absolute Gasteiger partial charge is 0.259 e. The molecule has 0 radical (unpaired) electrons. The number of fused-ring (bicyclic) bond motifs is 1. The molecule has 170 valence electrons. The van der Waals surface area contributed by atoms with Crippen molar-refractivity contribution in [3.05, 3.63) is 50.9 Å². The second-order valence-corrected chi connectivity index (χ2v) is 11.2. The molecule has 7 nitrogen and oxygen atoms in total. The van der Waals surface area contributed by atoms with Gasteiger partial charge in [-0.3, -0.25) is 14.4 Å². The number of carbonyl (C=O) groups is 2. The van der Waals surface area contributed by atoms with Crippen molar-refractivity contribution >= 4 is 56.5 Å². The van der Waals surface area contributed by atoms with Gasteiger partial charge in [-0.15, -0.1) is 23.1 Å². The Morgan fingerprint density at radius 1 is 1.19 bits per heavy atom. The van der Waals surface area contributed by atoms with E-state index in [4.69, 9.17) is 0 Å². The van der Waals surface area contributed by atoms with Gasteiger partial charge in [-0.25, -0.2) is 4.98 Å². The minimum atomic E-state index is -0.511. The molecule has 3 rings (SSSR count). The van der Waals surface area contributed by atoms with Crippen LogP contribution < -0.4 is 16.2 Å². The van der Waals surface area contributed by atoms with Gasteiger partial charge < -0.3 is 15.6 Å². The summed E-state index contributed by atoms with van der Waals surface area (Å²) < 4.78 is 0. The zero-order valence-electron chi connectivity index (χ0n) is 19.1. The van der Waals surface area contributed by atoms with Gasteiger partial charge in [0.15, 0.2) is 0 Å². The number of carbonyl (C=O) groups excluding carboxylic acids is 2. The largest absolute Gasteiger partial charge is 0.326 e. The number of aromatic amines is 1. The number of thiophene rings is 1. The van der Waals surface area contributed by atoms with Gasteiger partial charge in [0.25, 0.3) is 5.56 Å². The lowest BCUT2D eigenvalue weighted by molar-refractivity contribution is -0.123. The van der Waals surface area contributed by atoms with Crippen molar-refractivity contribution in [2.45, 2.75) is 52.5 Å². The molecule has 32 heavy (non-hydrogen) atoms. The summed E-state index contributed by atoms with van der Waals surface area (Å²) >= 11 is 2.90. The lowest BCUT2D eigenvalue weighted by Gasteiger charge is -2.18. The number of H-pyrrole nitrogens is 1. The second-order valence-electron chi connectivity index (χ2n) is 8.70. The van der Waals surface area contributed by atoms with Crippen molar-refractivity contribution in [2.75, 3.05) is 10.6 Å². The number of nitrogens with zero attached hydrogens (tertiary/aromatic N) is 1. The normalized spacial score (nSPS) is 12.6. The second kappa shape index (κ2) is 9.46. The third-order valence-corrected chi connectivity index (χ3v) is 7.25. The molecule has 1 atom stereocenters. The van der Waals surface area contributed by atoms with E-state index >= 15 is 0 Å². The minimum absolute atomic E-state index is 0.0977. The molecule has 2 amide bonds. The van der Waals surface area contributed by atoms with Gasteiger partial charge in [0.05, 0.1) is 16.4 Å². The van der Waals surface area contributed by atoms with Crippen LogP contribution in [0.15, 0.2) is 29.1 Å². The van der Waals surface area contributed by atoms with Crippen LogP contribution in [-0.2, 0) is 15.3 Å². The van der Waals surface area contributed by atoms with Crippen LogP contribution in [-0.4, -0.2) is 27.0 Å².